The van der Waals surface area contributed by atoms with E-state index in [1.807, 2.05) is 50.4 Å². The second-order valence-corrected chi connectivity index (χ2v) is 5.29. The van der Waals surface area contributed by atoms with Gasteiger partial charge in [0.1, 0.15) is 0 Å². The molecule has 0 aliphatic carbocycles. The van der Waals surface area contributed by atoms with Crippen LogP contribution in [0.25, 0.3) is 10.9 Å². The zero-order valence-corrected chi connectivity index (χ0v) is 12.3. The predicted molar refractivity (Wildman–Crippen MR) is 84.6 cm³/mol. The average Bonchev–Trinajstić information content (AvgIpc) is 2.84. The number of hydrogen-bond acceptors (Lipinski definition) is 2. The average molecular weight is 279 g/mol. The number of nitrogens with one attached hydrogen (secondary N) is 1. The van der Waals surface area contributed by atoms with Crippen LogP contribution >= 0.6 is 0 Å². The van der Waals surface area contributed by atoms with Gasteiger partial charge in [0, 0.05) is 23.7 Å². The number of nitrogens with zero attached hydrogens (tertiary/aromatic N) is 2. The van der Waals surface area contributed by atoms with E-state index in [-0.39, 0.29) is 5.91 Å². The summed E-state index contributed by atoms with van der Waals surface area (Å²) in [6.07, 6.45) is 1.79. The van der Waals surface area contributed by atoms with Gasteiger partial charge < -0.3 is 5.32 Å². The maximum atomic E-state index is 12.3. The molecule has 1 amide bonds. The van der Waals surface area contributed by atoms with Crippen LogP contribution < -0.4 is 5.32 Å². The number of carbonyl (C=O) groups is 1. The fourth-order valence-electron chi connectivity index (χ4n) is 2.31. The van der Waals surface area contributed by atoms with Gasteiger partial charge in [-0.3, -0.25) is 9.48 Å². The highest BCUT2D eigenvalue weighted by Crippen LogP contribution is 2.18. The Kier molecular flexibility index (Phi) is 3.22. The molecule has 0 aliphatic heterocycles. The van der Waals surface area contributed by atoms with Crippen molar-refractivity contribution in [1.82, 2.24) is 9.78 Å². The topological polar surface area (TPSA) is 46.9 Å². The van der Waals surface area contributed by atoms with Crippen LogP contribution in [0.2, 0.25) is 0 Å². The van der Waals surface area contributed by atoms with E-state index in [1.54, 1.807) is 10.9 Å². The lowest BCUT2D eigenvalue weighted by molar-refractivity contribution is 0.102. The van der Waals surface area contributed by atoms with Gasteiger partial charge in [0.15, 0.2) is 0 Å². The molecule has 0 unspecified atom stereocenters. The molecule has 3 rings (SSSR count). The van der Waals surface area contributed by atoms with Gasteiger partial charge in [0.25, 0.3) is 5.91 Å². The minimum absolute atomic E-state index is 0.110. The van der Waals surface area contributed by atoms with E-state index >= 15 is 0 Å². The molecule has 0 atom stereocenters. The molecule has 4 nitrogen and oxygen atoms in total. The minimum atomic E-state index is -0.110. The number of aromatic nitrogens is 2. The van der Waals surface area contributed by atoms with Crippen molar-refractivity contribution in [1.29, 1.82) is 0 Å². The van der Waals surface area contributed by atoms with E-state index in [9.17, 15) is 4.79 Å². The molecule has 4 heteroatoms. The van der Waals surface area contributed by atoms with Crippen molar-refractivity contribution in [2.45, 2.75) is 13.8 Å². The smallest absolute Gasteiger partial charge is 0.255 e. The Bertz CT molecular complexity index is 833. The number of amides is 1. The van der Waals surface area contributed by atoms with Gasteiger partial charge in [0.05, 0.1) is 11.7 Å². The van der Waals surface area contributed by atoms with Crippen molar-refractivity contribution < 1.29 is 4.79 Å². The van der Waals surface area contributed by atoms with Crippen LogP contribution in [0.4, 0.5) is 5.69 Å². The summed E-state index contributed by atoms with van der Waals surface area (Å²) >= 11 is 0. The minimum Gasteiger partial charge on any atom is -0.322 e. The molecule has 1 heterocycles. The van der Waals surface area contributed by atoms with E-state index in [2.05, 4.69) is 17.3 Å². The number of carbonyl (C=O) groups excluding carboxylic acids is 1. The molecule has 0 spiro atoms. The highest BCUT2D eigenvalue weighted by atomic mass is 16.1. The lowest BCUT2D eigenvalue weighted by Gasteiger charge is -2.08. The van der Waals surface area contributed by atoms with Gasteiger partial charge in [-0.25, -0.2) is 0 Å². The molecule has 0 bridgehead atoms. The standard InChI is InChI=1S/C17H17N3O/c1-11-4-7-15(8-12(11)2)19-17(21)13-5-6-14-10-18-20(3)16(14)9-13/h4-10H,1-3H3,(H,19,21). The van der Waals surface area contributed by atoms with Gasteiger partial charge in [0.2, 0.25) is 0 Å². The van der Waals surface area contributed by atoms with Crippen LogP contribution in [0, 0.1) is 13.8 Å². The van der Waals surface area contributed by atoms with Gasteiger partial charge in [-0.15, -0.1) is 0 Å². The summed E-state index contributed by atoms with van der Waals surface area (Å²) in [7, 11) is 1.87. The predicted octanol–water partition coefficient (Wildman–Crippen LogP) is 3.44. The summed E-state index contributed by atoms with van der Waals surface area (Å²) in [5.74, 6) is -0.110. The molecular weight excluding hydrogens is 262 g/mol. The molecular formula is C17H17N3O. The molecule has 0 radical (unpaired) electrons. The second-order valence-electron chi connectivity index (χ2n) is 5.29. The first-order valence-corrected chi connectivity index (χ1v) is 6.85. The highest BCUT2D eigenvalue weighted by molar-refractivity contribution is 6.06. The molecule has 0 fully saturated rings. The summed E-state index contributed by atoms with van der Waals surface area (Å²) in [4.78, 5) is 12.3. The summed E-state index contributed by atoms with van der Waals surface area (Å²) in [5.41, 5.74) is 4.76. The summed E-state index contributed by atoms with van der Waals surface area (Å²) < 4.78 is 1.77. The van der Waals surface area contributed by atoms with Crippen LogP contribution in [0.15, 0.2) is 42.6 Å². The zero-order chi connectivity index (χ0) is 15.0. The van der Waals surface area contributed by atoms with Crippen LogP contribution in [0.3, 0.4) is 0 Å². The normalized spacial score (nSPS) is 10.8. The largest absolute Gasteiger partial charge is 0.322 e. The molecule has 106 valence electrons. The van der Waals surface area contributed by atoms with Gasteiger partial charge in [-0.1, -0.05) is 12.1 Å². The Morgan fingerprint density at radius 2 is 1.90 bits per heavy atom. The summed E-state index contributed by atoms with van der Waals surface area (Å²) in [5, 5.41) is 8.15. The Hall–Kier alpha value is -2.62. The van der Waals surface area contributed by atoms with E-state index in [0.717, 1.165) is 22.2 Å². The molecule has 21 heavy (non-hydrogen) atoms. The van der Waals surface area contributed by atoms with Crippen LogP contribution in [0.5, 0.6) is 0 Å². The van der Waals surface area contributed by atoms with Crippen LogP contribution in [-0.2, 0) is 7.05 Å². The van der Waals surface area contributed by atoms with E-state index in [0.29, 0.717) is 5.56 Å². The fourth-order valence-corrected chi connectivity index (χ4v) is 2.31. The lowest BCUT2D eigenvalue weighted by Crippen LogP contribution is -2.12. The van der Waals surface area contributed by atoms with E-state index in [4.69, 9.17) is 0 Å². The van der Waals surface area contributed by atoms with E-state index in [1.165, 1.54) is 5.56 Å². The molecule has 0 aliphatic rings. The summed E-state index contributed by atoms with van der Waals surface area (Å²) in [6.45, 7) is 4.09. The number of fused-ring (bicyclic) bond motifs is 1. The van der Waals surface area contributed by atoms with Crippen LogP contribution in [-0.4, -0.2) is 15.7 Å². The van der Waals surface area contributed by atoms with Crippen molar-refractivity contribution in [2.75, 3.05) is 5.32 Å². The van der Waals surface area contributed by atoms with Crippen molar-refractivity contribution in [2.24, 2.45) is 7.05 Å². The van der Waals surface area contributed by atoms with Crippen molar-refractivity contribution in [3.8, 4) is 0 Å². The first kappa shape index (κ1) is 13.4. The third kappa shape index (κ3) is 2.52. The molecule has 1 aromatic heterocycles. The Morgan fingerprint density at radius 3 is 2.67 bits per heavy atom. The van der Waals surface area contributed by atoms with Crippen molar-refractivity contribution in [3.63, 3.8) is 0 Å². The van der Waals surface area contributed by atoms with Gasteiger partial charge in [-0.2, -0.15) is 5.10 Å². The Morgan fingerprint density at radius 1 is 1.10 bits per heavy atom. The number of rotatable bonds is 2. The van der Waals surface area contributed by atoms with Crippen molar-refractivity contribution in [3.05, 3.63) is 59.3 Å². The van der Waals surface area contributed by atoms with Gasteiger partial charge >= 0.3 is 0 Å². The third-order valence-electron chi connectivity index (χ3n) is 3.78. The molecule has 3 aromatic rings. The zero-order valence-electron chi connectivity index (χ0n) is 12.3. The fraction of sp³-hybridized carbons (Fsp3) is 0.176. The van der Waals surface area contributed by atoms with Crippen LogP contribution in [0.1, 0.15) is 21.5 Å². The maximum Gasteiger partial charge on any atom is 0.255 e. The number of anilines is 1. The Balaban J connectivity index is 1.89. The first-order valence-electron chi connectivity index (χ1n) is 6.85. The Labute approximate surface area is 123 Å². The SMILES string of the molecule is Cc1ccc(NC(=O)c2ccc3cnn(C)c3c2)cc1C. The van der Waals surface area contributed by atoms with Gasteiger partial charge in [-0.05, 0) is 49.2 Å². The van der Waals surface area contributed by atoms with E-state index < -0.39 is 0 Å². The monoisotopic (exact) mass is 279 g/mol. The number of hydrogen-bond donors (Lipinski definition) is 1. The maximum absolute atomic E-state index is 12.3. The second kappa shape index (κ2) is 5.05. The molecule has 1 N–H and O–H groups in total. The lowest BCUT2D eigenvalue weighted by atomic mass is 10.1. The molecule has 0 saturated heterocycles. The van der Waals surface area contributed by atoms with Crippen molar-refractivity contribution >= 4 is 22.5 Å². The quantitative estimate of drug-likeness (QED) is 0.781. The molecule has 0 saturated carbocycles. The number of benzene rings is 2. The first-order chi connectivity index (χ1) is 10.0. The highest BCUT2D eigenvalue weighted by Gasteiger charge is 2.09. The number of aryl methyl sites for hydroxylation is 3. The molecule has 2 aromatic carbocycles. The third-order valence-corrected chi connectivity index (χ3v) is 3.78. The summed E-state index contributed by atoms with van der Waals surface area (Å²) in [6, 6.07) is 11.5.